The Hall–Kier alpha value is -1.74. The van der Waals surface area contributed by atoms with E-state index in [2.05, 4.69) is 30.3 Å². The Morgan fingerprint density at radius 1 is 1.19 bits per heavy atom. The summed E-state index contributed by atoms with van der Waals surface area (Å²) in [5, 5.41) is 0. The molecular weight excluding hydrogens is 280 g/mol. The molecule has 1 aliphatic carbocycles. The third-order valence-electron chi connectivity index (χ3n) is 3.69. The summed E-state index contributed by atoms with van der Waals surface area (Å²) in [5.41, 5.74) is 3.31. The molecule has 21 heavy (non-hydrogen) atoms. The highest BCUT2D eigenvalue weighted by Gasteiger charge is 2.26. The summed E-state index contributed by atoms with van der Waals surface area (Å²) >= 11 is 1.80. The molecule has 2 aromatic carbocycles. The molecule has 1 aliphatic rings. The normalized spacial score (nSPS) is 14.0. The smallest absolute Gasteiger partial charge is 0.337 e. The number of hydrogen-bond acceptors (Lipinski definition) is 3. The Morgan fingerprint density at radius 2 is 1.95 bits per heavy atom. The van der Waals surface area contributed by atoms with Crippen LogP contribution in [0.25, 0.3) is 0 Å². The number of benzene rings is 2. The molecule has 108 valence electrons. The number of thioether (sulfide) groups is 1. The number of ether oxygens (including phenoxy) is 1. The Bertz CT molecular complexity index is 633. The first kappa shape index (κ1) is 14.2. The minimum atomic E-state index is -0.265. The third kappa shape index (κ3) is 3.48. The molecule has 3 heteroatoms. The summed E-state index contributed by atoms with van der Waals surface area (Å²) in [6, 6.07) is 16.4. The maximum Gasteiger partial charge on any atom is 0.337 e. The van der Waals surface area contributed by atoms with Crippen LogP contribution in [0, 0.1) is 0 Å². The molecule has 0 radical (unpaired) electrons. The Kier molecular flexibility index (Phi) is 4.30. The molecule has 0 aliphatic heterocycles. The van der Waals surface area contributed by atoms with Gasteiger partial charge in [-0.1, -0.05) is 36.4 Å². The monoisotopic (exact) mass is 298 g/mol. The zero-order valence-corrected chi connectivity index (χ0v) is 12.9. The fourth-order valence-corrected chi connectivity index (χ4v) is 3.50. The van der Waals surface area contributed by atoms with Crippen molar-refractivity contribution in [2.75, 3.05) is 7.11 Å². The van der Waals surface area contributed by atoms with Gasteiger partial charge in [0.05, 0.1) is 12.7 Å². The van der Waals surface area contributed by atoms with Crippen LogP contribution >= 0.6 is 11.8 Å². The standard InChI is InChI=1S/C18H18O2S/c1-20-18(19)15-9-10-16(14-7-8-14)17(11-15)21-12-13-5-3-2-4-6-13/h2-6,9-11,14H,7-8,12H2,1H3. The van der Waals surface area contributed by atoms with E-state index in [0.29, 0.717) is 11.5 Å². The highest BCUT2D eigenvalue weighted by atomic mass is 32.2. The summed E-state index contributed by atoms with van der Waals surface area (Å²) in [6.45, 7) is 0. The van der Waals surface area contributed by atoms with Crippen molar-refractivity contribution in [3.8, 4) is 0 Å². The molecular formula is C18H18O2S. The molecule has 0 aromatic heterocycles. The van der Waals surface area contributed by atoms with Gasteiger partial charge in [-0.25, -0.2) is 4.79 Å². The Labute approximate surface area is 129 Å². The van der Waals surface area contributed by atoms with Crippen LogP contribution in [0.15, 0.2) is 53.4 Å². The van der Waals surface area contributed by atoms with E-state index in [1.54, 1.807) is 11.8 Å². The number of hydrogen-bond donors (Lipinski definition) is 0. The number of carbonyl (C=O) groups is 1. The van der Waals surface area contributed by atoms with Gasteiger partial charge >= 0.3 is 5.97 Å². The van der Waals surface area contributed by atoms with E-state index in [1.807, 2.05) is 18.2 Å². The molecule has 1 fully saturated rings. The van der Waals surface area contributed by atoms with Gasteiger partial charge in [0.15, 0.2) is 0 Å². The number of carbonyl (C=O) groups excluding carboxylic acids is 1. The molecule has 0 bridgehead atoms. The van der Waals surface area contributed by atoms with Crippen LogP contribution in [-0.4, -0.2) is 13.1 Å². The summed E-state index contributed by atoms with van der Waals surface area (Å²) in [6.07, 6.45) is 2.52. The second kappa shape index (κ2) is 6.35. The van der Waals surface area contributed by atoms with E-state index < -0.39 is 0 Å². The van der Waals surface area contributed by atoms with Gasteiger partial charge in [0, 0.05) is 10.6 Å². The fourth-order valence-electron chi connectivity index (χ4n) is 2.37. The van der Waals surface area contributed by atoms with Gasteiger partial charge in [-0.15, -0.1) is 11.8 Å². The molecule has 1 saturated carbocycles. The van der Waals surface area contributed by atoms with Crippen LogP contribution in [0.1, 0.15) is 40.2 Å². The van der Waals surface area contributed by atoms with Crippen LogP contribution in [0.3, 0.4) is 0 Å². The molecule has 0 spiro atoms. The van der Waals surface area contributed by atoms with Crippen molar-refractivity contribution in [1.29, 1.82) is 0 Å². The zero-order valence-electron chi connectivity index (χ0n) is 12.0. The number of methoxy groups -OCH3 is 1. The van der Waals surface area contributed by atoms with Crippen molar-refractivity contribution in [2.45, 2.75) is 29.4 Å². The van der Waals surface area contributed by atoms with Crippen molar-refractivity contribution in [3.05, 3.63) is 65.2 Å². The van der Waals surface area contributed by atoms with Gasteiger partial charge < -0.3 is 4.74 Å². The number of esters is 1. The minimum Gasteiger partial charge on any atom is -0.465 e. The van der Waals surface area contributed by atoms with Gasteiger partial charge in [0.2, 0.25) is 0 Å². The largest absolute Gasteiger partial charge is 0.465 e. The molecule has 0 unspecified atom stereocenters. The molecule has 0 heterocycles. The summed E-state index contributed by atoms with van der Waals surface area (Å²) < 4.78 is 4.82. The average molecular weight is 298 g/mol. The Balaban J connectivity index is 1.82. The third-order valence-corrected chi connectivity index (χ3v) is 4.83. The molecule has 2 nitrogen and oxygen atoms in total. The first-order valence-electron chi connectivity index (χ1n) is 7.17. The van der Waals surface area contributed by atoms with Crippen LogP contribution < -0.4 is 0 Å². The second-order valence-electron chi connectivity index (χ2n) is 5.29. The van der Waals surface area contributed by atoms with Crippen LogP contribution in [0.4, 0.5) is 0 Å². The van der Waals surface area contributed by atoms with E-state index in [9.17, 15) is 4.79 Å². The number of rotatable bonds is 5. The minimum absolute atomic E-state index is 0.265. The maximum atomic E-state index is 11.7. The first-order valence-corrected chi connectivity index (χ1v) is 8.15. The van der Waals surface area contributed by atoms with Crippen molar-refractivity contribution in [2.24, 2.45) is 0 Å². The van der Waals surface area contributed by atoms with E-state index in [1.165, 1.54) is 36.0 Å². The molecule has 0 amide bonds. The van der Waals surface area contributed by atoms with Crippen LogP contribution in [-0.2, 0) is 10.5 Å². The topological polar surface area (TPSA) is 26.3 Å². The van der Waals surface area contributed by atoms with E-state index in [0.717, 1.165) is 5.75 Å². The zero-order chi connectivity index (χ0) is 14.7. The quantitative estimate of drug-likeness (QED) is 0.594. The molecule has 0 N–H and O–H groups in total. The van der Waals surface area contributed by atoms with Crippen LogP contribution in [0.2, 0.25) is 0 Å². The SMILES string of the molecule is COC(=O)c1ccc(C2CC2)c(SCc2ccccc2)c1. The lowest BCUT2D eigenvalue weighted by molar-refractivity contribution is 0.0600. The predicted octanol–water partition coefficient (Wildman–Crippen LogP) is 4.64. The van der Waals surface area contributed by atoms with Crippen LogP contribution in [0.5, 0.6) is 0 Å². The summed E-state index contributed by atoms with van der Waals surface area (Å²) in [7, 11) is 1.42. The lowest BCUT2D eigenvalue weighted by atomic mass is 10.1. The molecule has 2 aromatic rings. The Morgan fingerprint density at radius 3 is 2.62 bits per heavy atom. The van der Waals surface area contributed by atoms with Gasteiger partial charge in [0.1, 0.15) is 0 Å². The summed E-state index contributed by atoms with van der Waals surface area (Å²) in [4.78, 5) is 12.9. The highest BCUT2D eigenvalue weighted by Crippen LogP contribution is 2.45. The fraction of sp³-hybridized carbons (Fsp3) is 0.278. The van der Waals surface area contributed by atoms with Gasteiger partial charge in [-0.2, -0.15) is 0 Å². The van der Waals surface area contributed by atoms with E-state index >= 15 is 0 Å². The van der Waals surface area contributed by atoms with Gasteiger partial charge in [-0.05, 0) is 42.0 Å². The predicted molar refractivity (Wildman–Crippen MR) is 85.8 cm³/mol. The van der Waals surface area contributed by atoms with E-state index in [-0.39, 0.29) is 5.97 Å². The van der Waals surface area contributed by atoms with Crippen molar-refractivity contribution in [1.82, 2.24) is 0 Å². The van der Waals surface area contributed by atoms with E-state index in [4.69, 9.17) is 4.74 Å². The van der Waals surface area contributed by atoms with Gasteiger partial charge in [-0.3, -0.25) is 0 Å². The average Bonchev–Trinajstić information content (AvgIpc) is 3.37. The second-order valence-corrected chi connectivity index (χ2v) is 6.31. The van der Waals surface area contributed by atoms with Crippen molar-refractivity contribution >= 4 is 17.7 Å². The van der Waals surface area contributed by atoms with Crippen molar-refractivity contribution in [3.63, 3.8) is 0 Å². The molecule has 0 atom stereocenters. The first-order chi connectivity index (χ1) is 10.3. The van der Waals surface area contributed by atoms with Crippen molar-refractivity contribution < 1.29 is 9.53 Å². The lowest BCUT2D eigenvalue weighted by Crippen LogP contribution is -2.02. The lowest BCUT2D eigenvalue weighted by Gasteiger charge is -2.10. The summed E-state index contributed by atoms with van der Waals surface area (Å²) in [5.74, 6) is 1.33. The highest BCUT2D eigenvalue weighted by molar-refractivity contribution is 7.98. The maximum absolute atomic E-state index is 11.7. The van der Waals surface area contributed by atoms with Gasteiger partial charge in [0.25, 0.3) is 0 Å². The molecule has 3 rings (SSSR count). The molecule has 0 saturated heterocycles.